The Balaban J connectivity index is 1.48. The summed E-state index contributed by atoms with van der Waals surface area (Å²) in [5.41, 5.74) is 3.19. The van der Waals surface area contributed by atoms with E-state index in [1.807, 2.05) is 6.07 Å². The minimum Gasteiger partial charge on any atom is -0.302 e. The number of nitrogens with zero attached hydrogens (tertiary/aromatic N) is 3. The van der Waals surface area contributed by atoms with Crippen molar-refractivity contribution in [2.45, 2.75) is 50.7 Å². The minimum absolute atomic E-state index is 0.0204. The molecule has 0 saturated heterocycles. The Kier molecular flexibility index (Phi) is 7.53. The Morgan fingerprint density at radius 3 is 2.53 bits per heavy atom. The zero-order valence-electron chi connectivity index (χ0n) is 20.4. The number of amides is 1. The molecule has 0 aliphatic carbocycles. The first-order valence-electron chi connectivity index (χ1n) is 11.5. The lowest BCUT2D eigenvalue weighted by atomic mass is 9.98. The topological polar surface area (TPSA) is 103 Å². The fraction of sp³-hybridized carbons (Fsp3) is 0.346. The summed E-state index contributed by atoms with van der Waals surface area (Å²) in [6, 6.07) is 13.9. The van der Waals surface area contributed by atoms with Crippen molar-refractivity contribution in [3.05, 3.63) is 74.7 Å². The van der Waals surface area contributed by atoms with Crippen LogP contribution in [0, 0.1) is 17.2 Å². The summed E-state index contributed by atoms with van der Waals surface area (Å²) in [5.74, 6) is 0.0788. The predicted octanol–water partition coefficient (Wildman–Crippen LogP) is 5.53. The van der Waals surface area contributed by atoms with Crippen LogP contribution < -0.4 is 5.32 Å². The van der Waals surface area contributed by atoms with Crippen LogP contribution in [0.4, 0.5) is 5.13 Å². The number of hydrogen-bond acceptors (Lipinski definition) is 7. The van der Waals surface area contributed by atoms with E-state index < -0.39 is 9.84 Å². The molecule has 4 rings (SSSR count). The number of aromatic nitrogens is 1. The van der Waals surface area contributed by atoms with Crippen LogP contribution >= 0.6 is 22.9 Å². The average Bonchev–Trinajstić information content (AvgIpc) is 3.35. The second-order valence-corrected chi connectivity index (χ2v) is 12.9. The number of nitriles is 1. The van der Waals surface area contributed by atoms with Gasteiger partial charge in [0.2, 0.25) is 5.91 Å². The number of anilines is 1. The van der Waals surface area contributed by atoms with Gasteiger partial charge in [-0.1, -0.05) is 43.6 Å². The van der Waals surface area contributed by atoms with Crippen LogP contribution in [0.3, 0.4) is 0 Å². The first kappa shape index (κ1) is 26.3. The zero-order valence-corrected chi connectivity index (χ0v) is 22.8. The third kappa shape index (κ3) is 5.47. The molecule has 188 valence electrons. The second kappa shape index (κ2) is 10.3. The monoisotopic (exact) mass is 542 g/mol. The first-order valence-corrected chi connectivity index (χ1v) is 14.6. The van der Waals surface area contributed by atoms with E-state index in [4.69, 9.17) is 21.8 Å². The van der Waals surface area contributed by atoms with Gasteiger partial charge >= 0.3 is 0 Å². The molecule has 0 radical (unpaired) electrons. The standard InChI is InChI=1S/C26H27ClN4O3S2/c1-15(2)25-24-22(14-31(25)16(3)20-10-7-18(13-28)11-21(20)27)35-26(30-24)29-23(32)12-17-5-8-19(9-6-17)36(4,33)34/h5-11,15-16,25H,12,14H2,1-4H3,(H,29,30,32)/t16-,25?/m1/s1. The summed E-state index contributed by atoms with van der Waals surface area (Å²) in [5, 5.41) is 13.2. The van der Waals surface area contributed by atoms with Crippen molar-refractivity contribution in [1.82, 2.24) is 9.88 Å². The van der Waals surface area contributed by atoms with Crippen molar-refractivity contribution < 1.29 is 13.2 Å². The highest BCUT2D eigenvalue weighted by Gasteiger charge is 2.39. The van der Waals surface area contributed by atoms with Crippen LogP contribution in [0.25, 0.3) is 0 Å². The van der Waals surface area contributed by atoms with Crippen LogP contribution in [0.5, 0.6) is 0 Å². The van der Waals surface area contributed by atoms with Gasteiger partial charge in [-0.2, -0.15) is 5.26 Å². The maximum atomic E-state index is 12.6. The Morgan fingerprint density at radius 1 is 1.25 bits per heavy atom. The third-order valence-electron chi connectivity index (χ3n) is 6.36. The lowest BCUT2D eigenvalue weighted by Crippen LogP contribution is -2.29. The Hall–Kier alpha value is -2.77. The number of sulfone groups is 1. The largest absolute Gasteiger partial charge is 0.302 e. The van der Waals surface area contributed by atoms with Gasteiger partial charge in [0.25, 0.3) is 0 Å². The van der Waals surface area contributed by atoms with Gasteiger partial charge in [0.1, 0.15) is 0 Å². The second-order valence-electron chi connectivity index (χ2n) is 9.35. The van der Waals surface area contributed by atoms with E-state index in [2.05, 4.69) is 37.1 Å². The molecule has 0 bridgehead atoms. The number of benzene rings is 2. The molecule has 2 atom stereocenters. The maximum absolute atomic E-state index is 12.6. The first-order chi connectivity index (χ1) is 17.0. The van der Waals surface area contributed by atoms with Crippen LogP contribution in [-0.4, -0.2) is 30.5 Å². The van der Waals surface area contributed by atoms with Crippen LogP contribution in [0.1, 0.15) is 60.1 Å². The summed E-state index contributed by atoms with van der Waals surface area (Å²) in [7, 11) is -3.27. The van der Waals surface area contributed by atoms with Gasteiger partial charge in [-0.05, 0) is 48.2 Å². The highest BCUT2D eigenvalue weighted by atomic mass is 35.5. The molecule has 1 aliphatic rings. The molecule has 1 amide bonds. The molecule has 7 nitrogen and oxygen atoms in total. The molecule has 1 N–H and O–H groups in total. The van der Waals surface area contributed by atoms with E-state index in [9.17, 15) is 13.2 Å². The average molecular weight is 543 g/mol. The molecule has 2 aromatic carbocycles. The maximum Gasteiger partial charge on any atom is 0.230 e. The molecule has 36 heavy (non-hydrogen) atoms. The fourth-order valence-corrected chi connectivity index (χ4v) is 6.57. The van der Waals surface area contributed by atoms with Gasteiger partial charge in [-0.3, -0.25) is 9.69 Å². The highest BCUT2D eigenvalue weighted by molar-refractivity contribution is 7.90. The van der Waals surface area contributed by atoms with Crippen molar-refractivity contribution in [3.8, 4) is 6.07 Å². The minimum atomic E-state index is -3.27. The molecule has 1 aromatic heterocycles. The molecule has 1 aliphatic heterocycles. The molecule has 1 unspecified atom stereocenters. The van der Waals surface area contributed by atoms with Gasteiger partial charge in [-0.15, -0.1) is 11.3 Å². The number of rotatable bonds is 7. The summed E-state index contributed by atoms with van der Waals surface area (Å²) in [4.78, 5) is 21.1. The number of halogens is 1. The molecule has 0 fully saturated rings. The van der Waals surface area contributed by atoms with Crippen molar-refractivity contribution in [1.29, 1.82) is 5.26 Å². The van der Waals surface area contributed by atoms with E-state index in [1.54, 1.807) is 24.3 Å². The van der Waals surface area contributed by atoms with Crippen molar-refractivity contribution in [2.24, 2.45) is 5.92 Å². The van der Waals surface area contributed by atoms with E-state index >= 15 is 0 Å². The Labute approximate surface area is 220 Å². The summed E-state index contributed by atoms with van der Waals surface area (Å²) >= 11 is 7.98. The summed E-state index contributed by atoms with van der Waals surface area (Å²) in [6.07, 6.45) is 1.28. The van der Waals surface area contributed by atoms with Gasteiger partial charge in [-0.25, -0.2) is 13.4 Å². The lowest BCUT2D eigenvalue weighted by molar-refractivity contribution is -0.115. The van der Waals surface area contributed by atoms with Gasteiger partial charge in [0.15, 0.2) is 15.0 Å². The SMILES string of the molecule is CC(C)C1c2nc(NC(=O)Cc3ccc(S(C)(=O)=O)cc3)sc2CN1[C@H](C)c1ccc(C#N)cc1Cl. The third-order valence-corrected chi connectivity index (χ3v) is 8.79. The molecule has 3 aromatic rings. The van der Waals surface area contributed by atoms with Crippen LogP contribution in [0.2, 0.25) is 5.02 Å². The summed E-state index contributed by atoms with van der Waals surface area (Å²) in [6.45, 7) is 7.10. The number of fused-ring (bicyclic) bond motifs is 1. The number of thiazole rings is 1. The molecule has 0 saturated carbocycles. The number of carbonyl (C=O) groups excluding carboxylic acids is 1. The number of hydrogen-bond donors (Lipinski definition) is 1. The molecule has 10 heteroatoms. The van der Waals surface area contributed by atoms with Crippen molar-refractivity contribution in [3.63, 3.8) is 0 Å². The van der Waals surface area contributed by atoms with Crippen molar-refractivity contribution >= 4 is 43.8 Å². The Bertz CT molecular complexity index is 1440. The highest BCUT2D eigenvalue weighted by Crippen LogP contribution is 2.47. The fourth-order valence-electron chi connectivity index (χ4n) is 4.58. The van der Waals surface area contributed by atoms with E-state index in [0.29, 0.717) is 22.3 Å². The normalized spacial score (nSPS) is 16.5. The predicted molar refractivity (Wildman–Crippen MR) is 142 cm³/mol. The van der Waals surface area contributed by atoms with Crippen LogP contribution in [0.15, 0.2) is 47.4 Å². The van der Waals surface area contributed by atoms with E-state index in [0.717, 1.165) is 28.0 Å². The summed E-state index contributed by atoms with van der Waals surface area (Å²) < 4.78 is 23.3. The smallest absolute Gasteiger partial charge is 0.230 e. The zero-order chi connectivity index (χ0) is 26.2. The van der Waals surface area contributed by atoms with Crippen LogP contribution in [-0.2, 0) is 27.6 Å². The molecular formula is C26H27ClN4O3S2. The number of carbonyl (C=O) groups is 1. The number of nitrogens with one attached hydrogen (secondary N) is 1. The van der Waals surface area contributed by atoms with Gasteiger partial charge in [0, 0.05) is 28.7 Å². The van der Waals surface area contributed by atoms with Gasteiger partial charge < -0.3 is 5.32 Å². The Morgan fingerprint density at radius 2 is 1.94 bits per heavy atom. The quantitative estimate of drug-likeness (QED) is 0.421. The lowest BCUT2D eigenvalue weighted by Gasteiger charge is -2.33. The van der Waals surface area contributed by atoms with Gasteiger partial charge in [0.05, 0.1) is 34.7 Å². The molecule has 0 spiro atoms. The molecular weight excluding hydrogens is 516 g/mol. The molecule has 2 heterocycles. The van der Waals surface area contributed by atoms with Crippen molar-refractivity contribution in [2.75, 3.05) is 11.6 Å². The van der Waals surface area contributed by atoms with E-state index in [1.165, 1.54) is 23.5 Å². The van der Waals surface area contributed by atoms with E-state index in [-0.39, 0.29) is 35.2 Å².